The summed E-state index contributed by atoms with van der Waals surface area (Å²) in [5.41, 5.74) is 1.33. The molecule has 2 saturated carbocycles. The Kier molecular flexibility index (Phi) is 5.44. The topological polar surface area (TPSA) is 94.8 Å². The first-order valence-corrected chi connectivity index (χ1v) is 11.7. The number of pyridine rings is 2. The van der Waals surface area contributed by atoms with E-state index in [0.717, 1.165) is 12.8 Å². The highest BCUT2D eigenvalue weighted by Crippen LogP contribution is 2.39. The smallest absolute Gasteiger partial charge is 0.270 e. The molecule has 0 atom stereocenters. The summed E-state index contributed by atoms with van der Waals surface area (Å²) in [4.78, 5) is 21.0. The molecule has 8 nitrogen and oxygen atoms in total. The Balaban J connectivity index is 1.25. The van der Waals surface area contributed by atoms with Gasteiger partial charge in [-0.05, 0) is 62.1 Å². The van der Waals surface area contributed by atoms with E-state index in [4.69, 9.17) is 4.74 Å². The summed E-state index contributed by atoms with van der Waals surface area (Å²) in [5, 5.41) is 11.8. The third kappa shape index (κ3) is 4.37. The number of aromatic nitrogens is 5. The van der Waals surface area contributed by atoms with Gasteiger partial charge in [-0.2, -0.15) is 0 Å². The van der Waals surface area contributed by atoms with Gasteiger partial charge < -0.3 is 10.1 Å². The molecule has 3 heterocycles. The molecule has 0 radical (unpaired) electrons. The monoisotopic (exact) mass is 470 g/mol. The Morgan fingerprint density at radius 1 is 1.00 bits per heavy atom. The zero-order valence-electron chi connectivity index (χ0n) is 18.8. The molecule has 1 N–H and O–H groups in total. The lowest BCUT2D eigenvalue weighted by Crippen LogP contribution is -2.44. The molecule has 1 amide bonds. The molecule has 0 aliphatic heterocycles. The molecule has 4 aromatic rings. The molecular weight excluding hydrogens is 447 g/mol. The number of nitrogens with one attached hydrogen (secondary N) is 1. The lowest BCUT2D eigenvalue weighted by Gasteiger charge is -2.35. The molecule has 2 aliphatic rings. The zero-order chi connectivity index (χ0) is 23.8. The second-order valence-electron chi connectivity index (χ2n) is 8.92. The second kappa shape index (κ2) is 8.90. The maximum atomic E-state index is 14.9. The number of carbonyl (C=O) groups excluding carboxylic acids is 1. The van der Waals surface area contributed by atoms with Crippen molar-refractivity contribution in [1.29, 1.82) is 0 Å². The second-order valence-corrected chi connectivity index (χ2v) is 8.92. The summed E-state index contributed by atoms with van der Waals surface area (Å²) in [5.74, 6) is 1.25. The van der Waals surface area contributed by atoms with E-state index in [0.29, 0.717) is 47.3 Å². The van der Waals surface area contributed by atoms with Crippen LogP contribution in [0.2, 0.25) is 0 Å². The van der Waals surface area contributed by atoms with Gasteiger partial charge in [-0.3, -0.25) is 14.3 Å². The Hall–Kier alpha value is -4.14. The van der Waals surface area contributed by atoms with E-state index >= 15 is 0 Å². The minimum atomic E-state index is -0.372. The highest BCUT2D eigenvalue weighted by atomic mass is 19.1. The van der Waals surface area contributed by atoms with E-state index in [1.165, 1.54) is 6.07 Å². The predicted octanol–water partition coefficient (Wildman–Crippen LogP) is 4.08. The SMILES string of the molecule is O=C(N[C@H]1C[C@H](c2nnc(-c3ccc(OC4CC4)cn3)n2-c2ccccc2F)C1)c1ccccn1. The van der Waals surface area contributed by atoms with Crippen LogP contribution in [0.3, 0.4) is 0 Å². The highest BCUT2D eigenvalue weighted by molar-refractivity contribution is 5.92. The van der Waals surface area contributed by atoms with Crippen LogP contribution in [0.1, 0.15) is 47.9 Å². The van der Waals surface area contributed by atoms with Crippen LogP contribution < -0.4 is 10.1 Å². The molecule has 6 rings (SSSR count). The predicted molar refractivity (Wildman–Crippen MR) is 126 cm³/mol. The number of rotatable bonds is 7. The highest BCUT2D eigenvalue weighted by Gasteiger charge is 2.36. The van der Waals surface area contributed by atoms with E-state index in [9.17, 15) is 9.18 Å². The van der Waals surface area contributed by atoms with Crippen LogP contribution in [-0.4, -0.2) is 42.8 Å². The van der Waals surface area contributed by atoms with Crippen molar-refractivity contribution in [2.75, 3.05) is 0 Å². The van der Waals surface area contributed by atoms with Crippen molar-refractivity contribution in [3.05, 3.63) is 84.3 Å². The standard InChI is InChI=1S/C26H23FN6O2/c27-20-5-1-2-7-23(20)33-24(16-13-17(14-16)30-26(34)22-6-3-4-12-28-22)31-32-25(33)21-11-10-19(15-29-21)35-18-8-9-18/h1-7,10-12,15-18H,8-9,13-14H2,(H,30,34)/t16-,17-. The molecule has 0 saturated heterocycles. The first kappa shape index (κ1) is 21.4. The van der Waals surface area contributed by atoms with Gasteiger partial charge in [0.05, 0.1) is 18.0 Å². The first-order chi connectivity index (χ1) is 17.2. The number of hydrogen-bond donors (Lipinski definition) is 1. The molecular formula is C26H23FN6O2. The molecule has 2 fully saturated rings. The quantitative estimate of drug-likeness (QED) is 0.437. The summed E-state index contributed by atoms with van der Waals surface area (Å²) in [6.45, 7) is 0. The van der Waals surface area contributed by atoms with Crippen molar-refractivity contribution >= 4 is 5.91 Å². The molecule has 1 aromatic carbocycles. The number of ether oxygens (including phenoxy) is 1. The van der Waals surface area contributed by atoms with Gasteiger partial charge in [0, 0.05) is 18.2 Å². The van der Waals surface area contributed by atoms with Crippen molar-refractivity contribution in [3.8, 4) is 23.0 Å². The number of carbonyl (C=O) groups is 1. The van der Waals surface area contributed by atoms with Crippen LogP contribution in [0.5, 0.6) is 5.75 Å². The summed E-state index contributed by atoms with van der Waals surface area (Å²) < 4.78 is 22.4. The van der Waals surface area contributed by atoms with Crippen molar-refractivity contribution < 1.29 is 13.9 Å². The van der Waals surface area contributed by atoms with Crippen LogP contribution in [0, 0.1) is 5.82 Å². The van der Waals surface area contributed by atoms with Gasteiger partial charge >= 0.3 is 0 Å². The van der Waals surface area contributed by atoms with Gasteiger partial charge in [-0.15, -0.1) is 10.2 Å². The lowest BCUT2D eigenvalue weighted by atomic mass is 9.79. The Morgan fingerprint density at radius 2 is 1.83 bits per heavy atom. The molecule has 9 heteroatoms. The van der Waals surface area contributed by atoms with Crippen molar-refractivity contribution in [2.24, 2.45) is 0 Å². The minimum absolute atomic E-state index is 0.0132. The first-order valence-electron chi connectivity index (χ1n) is 11.7. The average molecular weight is 471 g/mol. The van der Waals surface area contributed by atoms with Crippen LogP contribution >= 0.6 is 0 Å². The van der Waals surface area contributed by atoms with Crippen molar-refractivity contribution in [2.45, 2.75) is 43.7 Å². The van der Waals surface area contributed by atoms with Crippen LogP contribution in [0.4, 0.5) is 4.39 Å². The fraction of sp³-hybridized carbons (Fsp3) is 0.269. The van der Waals surface area contributed by atoms with Gasteiger partial charge in [0.2, 0.25) is 0 Å². The van der Waals surface area contributed by atoms with E-state index in [2.05, 4.69) is 25.5 Å². The van der Waals surface area contributed by atoms with Gasteiger partial charge in [0.1, 0.15) is 28.8 Å². The Morgan fingerprint density at radius 3 is 2.54 bits per heavy atom. The summed E-state index contributed by atoms with van der Waals surface area (Å²) in [6, 6.07) is 15.4. The number of hydrogen-bond acceptors (Lipinski definition) is 6. The zero-order valence-corrected chi connectivity index (χ0v) is 18.8. The minimum Gasteiger partial charge on any atom is -0.489 e. The maximum Gasteiger partial charge on any atom is 0.270 e. The lowest BCUT2D eigenvalue weighted by molar-refractivity contribution is 0.0902. The molecule has 3 aromatic heterocycles. The van der Waals surface area contributed by atoms with Crippen LogP contribution in [0.15, 0.2) is 67.0 Å². The molecule has 0 spiro atoms. The number of para-hydroxylation sites is 1. The van der Waals surface area contributed by atoms with Gasteiger partial charge in [0.15, 0.2) is 5.82 Å². The third-order valence-corrected chi connectivity index (χ3v) is 6.31. The summed E-state index contributed by atoms with van der Waals surface area (Å²) in [6.07, 6.45) is 7.02. The Labute approximate surface area is 201 Å². The van der Waals surface area contributed by atoms with E-state index in [1.54, 1.807) is 53.4 Å². The Bertz CT molecular complexity index is 1350. The van der Waals surface area contributed by atoms with E-state index in [-0.39, 0.29) is 29.8 Å². The van der Waals surface area contributed by atoms with Crippen LogP contribution in [-0.2, 0) is 0 Å². The normalized spacial score (nSPS) is 19.1. The van der Waals surface area contributed by atoms with E-state index in [1.807, 2.05) is 12.1 Å². The fourth-order valence-electron chi connectivity index (χ4n) is 4.26. The van der Waals surface area contributed by atoms with Crippen molar-refractivity contribution in [3.63, 3.8) is 0 Å². The average Bonchev–Trinajstić information content (AvgIpc) is 3.58. The molecule has 2 aliphatic carbocycles. The maximum absolute atomic E-state index is 14.9. The molecule has 0 unspecified atom stereocenters. The summed E-state index contributed by atoms with van der Waals surface area (Å²) in [7, 11) is 0. The molecule has 35 heavy (non-hydrogen) atoms. The number of nitrogens with zero attached hydrogens (tertiary/aromatic N) is 5. The third-order valence-electron chi connectivity index (χ3n) is 6.31. The number of amides is 1. The van der Waals surface area contributed by atoms with Gasteiger partial charge in [0.25, 0.3) is 5.91 Å². The summed E-state index contributed by atoms with van der Waals surface area (Å²) >= 11 is 0. The molecule has 176 valence electrons. The van der Waals surface area contributed by atoms with Gasteiger partial charge in [-0.1, -0.05) is 18.2 Å². The van der Waals surface area contributed by atoms with Gasteiger partial charge in [-0.25, -0.2) is 9.37 Å². The fourth-order valence-corrected chi connectivity index (χ4v) is 4.26. The van der Waals surface area contributed by atoms with Crippen LogP contribution in [0.25, 0.3) is 17.2 Å². The number of halogens is 1. The number of benzene rings is 1. The molecule has 0 bridgehead atoms. The largest absolute Gasteiger partial charge is 0.489 e. The van der Waals surface area contributed by atoms with E-state index < -0.39 is 0 Å². The van der Waals surface area contributed by atoms with Crippen molar-refractivity contribution in [1.82, 2.24) is 30.0 Å².